The second kappa shape index (κ2) is 11.5. The number of carbonyl (C=O) groups excluding carboxylic acids is 2. The Morgan fingerprint density at radius 3 is 2.50 bits per heavy atom. The number of amides is 2. The molecule has 5 rings (SSSR count). The summed E-state index contributed by atoms with van der Waals surface area (Å²) in [5.41, 5.74) is 1.05. The Hall–Kier alpha value is -1.78. The normalized spacial score (nSPS) is 33.3. The van der Waals surface area contributed by atoms with Crippen LogP contribution in [0.4, 0.5) is 8.78 Å². The van der Waals surface area contributed by atoms with Gasteiger partial charge >= 0.3 is 0 Å². The van der Waals surface area contributed by atoms with E-state index < -0.39 is 11.7 Å². The molecule has 1 saturated heterocycles. The molecule has 7 nitrogen and oxygen atoms in total. The van der Waals surface area contributed by atoms with E-state index in [-0.39, 0.29) is 60.4 Å². The zero-order valence-corrected chi connectivity index (χ0v) is 25.2. The van der Waals surface area contributed by atoms with Crippen molar-refractivity contribution in [2.24, 2.45) is 17.8 Å². The molecule has 4 aliphatic rings. The van der Waals surface area contributed by atoms with Gasteiger partial charge in [0.1, 0.15) is 0 Å². The van der Waals surface area contributed by atoms with E-state index in [1.54, 1.807) is 17.8 Å². The van der Waals surface area contributed by atoms with Crippen molar-refractivity contribution in [1.29, 1.82) is 0 Å². The highest BCUT2D eigenvalue weighted by Crippen LogP contribution is 2.52. The quantitative estimate of drug-likeness (QED) is 0.375. The van der Waals surface area contributed by atoms with Crippen LogP contribution in [0, 0.1) is 24.7 Å². The van der Waals surface area contributed by atoms with Crippen molar-refractivity contribution in [3.05, 3.63) is 22.2 Å². The highest BCUT2D eigenvalue weighted by Gasteiger charge is 2.48. The minimum absolute atomic E-state index is 0.0373. The molecular formula is C29H40ClF2N3O4S. The van der Waals surface area contributed by atoms with E-state index in [2.05, 4.69) is 16.0 Å². The maximum Gasteiger partial charge on any atom is 0.251 e. The van der Waals surface area contributed by atoms with Gasteiger partial charge in [0.05, 0.1) is 10.9 Å². The average molecular weight is 600 g/mol. The number of benzene rings is 1. The Bertz CT molecular complexity index is 1140. The summed E-state index contributed by atoms with van der Waals surface area (Å²) < 4.78 is 39.0. The number of carbonyl (C=O) groups is 2. The minimum atomic E-state index is -2.50. The van der Waals surface area contributed by atoms with Crippen molar-refractivity contribution in [1.82, 2.24) is 16.0 Å². The van der Waals surface area contributed by atoms with Gasteiger partial charge < -0.3 is 25.4 Å². The van der Waals surface area contributed by atoms with Gasteiger partial charge in [0.15, 0.2) is 11.5 Å². The summed E-state index contributed by atoms with van der Waals surface area (Å²) in [4.78, 5) is 25.8. The van der Waals surface area contributed by atoms with Crippen LogP contribution in [-0.2, 0) is 4.79 Å². The van der Waals surface area contributed by atoms with Crippen molar-refractivity contribution in [3.8, 4) is 11.5 Å². The molecule has 2 amide bonds. The molecule has 1 aromatic carbocycles. The smallest absolute Gasteiger partial charge is 0.251 e. The molecule has 3 N–H and O–H groups in total. The van der Waals surface area contributed by atoms with E-state index in [4.69, 9.17) is 21.1 Å². The van der Waals surface area contributed by atoms with Gasteiger partial charge in [-0.15, -0.1) is 0 Å². The van der Waals surface area contributed by atoms with Crippen molar-refractivity contribution < 1.29 is 27.8 Å². The number of nitrogens with one attached hydrogen (secondary N) is 3. The Labute approximate surface area is 244 Å². The molecule has 1 aromatic rings. The summed E-state index contributed by atoms with van der Waals surface area (Å²) in [5, 5.41) is 9.68. The summed E-state index contributed by atoms with van der Waals surface area (Å²) in [6.45, 7) is 6.74. The third kappa shape index (κ3) is 6.04. The molecule has 40 heavy (non-hydrogen) atoms. The predicted molar refractivity (Wildman–Crippen MR) is 153 cm³/mol. The van der Waals surface area contributed by atoms with Gasteiger partial charge in [-0.3, -0.25) is 9.59 Å². The molecule has 0 spiro atoms. The Kier molecular flexibility index (Phi) is 8.52. The van der Waals surface area contributed by atoms with Gasteiger partial charge in [-0.05, 0) is 70.7 Å². The van der Waals surface area contributed by atoms with Gasteiger partial charge in [-0.25, -0.2) is 8.78 Å². The number of hydrogen-bond acceptors (Lipinski definition) is 6. The number of halogens is 3. The van der Waals surface area contributed by atoms with Crippen molar-refractivity contribution >= 4 is 35.2 Å². The van der Waals surface area contributed by atoms with Crippen LogP contribution in [0.1, 0.15) is 74.7 Å². The van der Waals surface area contributed by atoms with Crippen LogP contribution in [0.25, 0.3) is 0 Å². The molecule has 0 aromatic heterocycles. The molecular weight excluding hydrogens is 560 g/mol. The molecule has 4 atom stereocenters. The largest absolute Gasteiger partial charge is 0.448 e. The van der Waals surface area contributed by atoms with E-state index in [0.717, 1.165) is 38.6 Å². The predicted octanol–water partition coefficient (Wildman–Crippen LogP) is 5.32. The summed E-state index contributed by atoms with van der Waals surface area (Å²) in [7, 11) is 0. The van der Waals surface area contributed by atoms with Gasteiger partial charge in [0, 0.05) is 60.7 Å². The molecule has 2 heterocycles. The number of thioether (sulfide) groups is 1. The van der Waals surface area contributed by atoms with Crippen LogP contribution in [0.3, 0.4) is 0 Å². The SMILES string of the molecule is CSC1CC(C)NC(=O)C1CNC(=O)c1cc(Cl)c2c(c1C)OC(C)(C1CCC(CNC3CC(F)(F)C3)CC1)O2. The molecule has 222 valence electrons. The fourth-order valence-electron chi connectivity index (χ4n) is 6.65. The Balaban J connectivity index is 1.18. The maximum atomic E-state index is 13.2. The Morgan fingerprint density at radius 1 is 1.18 bits per heavy atom. The first-order valence-corrected chi connectivity index (χ1v) is 16.0. The van der Waals surface area contributed by atoms with Crippen LogP contribution < -0.4 is 25.4 Å². The second-order valence-electron chi connectivity index (χ2n) is 12.2. The van der Waals surface area contributed by atoms with Gasteiger partial charge in [0.25, 0.3) is 17.6 Å². The lowest BCUT2D eigenvalue weighted by molar-refractivity contribution is -0.127. The summed E-state index contributed by atoms with van der Waals surface area (Å²) in [5.74, 6) is -2.53. The van der Waals surface area contributed by atoms with E-state index in [1.165, 1.54) is 0 Å². The molecule has 0 bridgehead atoms. The summed E-state index contributed by atoms with van der Waals surface area (Å²) in [6, 6.07) is 1.66. The fraction of sp³-hybridized carbons (Fsp3) is 0.724. The van der Waals surface area contributed by atoms with E-state index in [1.807, 2.05) is 27.0 Å². The lowest BCUT2D eigenvalue weighted by Gasteiger charge is -2.39. The molecule has 3 fully saturated rings. The number of alkyl halides is 2. The van der Waals surface area contributed by atoms with E-state index >= 15 is 0 Å². The number of fused-ring (bicyclic) bond motifs is 1. The maximum absolute atomic E-state index is 13.2. The highest BCUT2D eigenvalue weighted by atomic mass is 35.5. The number of ether oxygens (including phenoxy) is 2. The molecule has 4 unspecified atom stereocenters. The fourth-order valence-corrected chi connectivity index (χ4v) is 7.91. The topological polar surface area (TPSA) is 88.7 Å². The molecule has 2 aliphatic heterocycles. The molecule has 2 saturated carbocycles. The zero-order valence-electron chi connectivity index (χ0n) is 23.6. The van der Waals surface area contributed by atoms with Gasteiger partial charge in [-0.1, -0.05) is 11.6 Å². The van der Waals surface area contributed by atoms with Crippen molar-refractivity contribution in [3.63, 3.8) is 0 Å². The van der Waals surface area contributed by atoms with Crippen LogP contribution in [0.2, 0.25) is 5.02 Å². The minimum Gasteiger partial charge on any atom is -0.448 e. The molecule has 2 aliphatic carbocycles. The third-order valence-corrected chi connectivity index (χ3v) is 10.6. The monoisotopic (exact) mass is 599 g/mol. The van der Waals surface area contributed by atoms with Crippen LogP contribution >= 0.6 is 23.4 Å². The van der Waals surface area contributed by atoms with E-state index in [0.29, 0.717) is 33.6 Å². The summed E-state index contributed by atoms with van der Waals surface area (Å²) in [6.07, 6.45) is 6.43. The lowest BCUT2D eigenvalue weighted by Crippen LogP contribution is -2.52. The molecule has 11 heteroatoms. The lowest BCUT2D eigenvalue weighted by atomic mass is 9.78. The molecule has 0 radical (unpaired) electrons. The standard InChI is InChI=1S/C29H40ClF2N3O4S/c1-15-9-23(40-4)21(27(37)35-15)14-34-26(36)20-10-22(30)25-24(16(20)2)38-28(3,39-25)18-7-5-17(6-8-18)13-33-19-11-29(31,32)12-19/h10,15,17-19,21,23,33H,5-9,11-14H2,1-4H3,(H,34,36)(H,35,37). The van der Waals surface area contributed by atoms with Crippen LogP contribution in [-0.4, -0.2) is 60.2 Å². The van der Waals surface area contributed by atoms with Crippen molar-refractivity contribution in [2.45, 2.75) is 94.8 Å². The second-order valence-corrected chi connectivity index (χ2v) is 13.7. The first-order chi connectivity index (χ1) is 18.9. The highest BCUT2D eigenvalue weighted by molar-refractivity contribution is 7.99. The van der Waals surface area contributed by atoms with E-state index in [9.17, 15) is 18.4 Å². The van der Waals surface area contributed by atoms with Crippen molar-refractivity contribution in [2.75, 3.05) is 19.3 Å². The number of rotatable bonds is 8. The Morgan fingerprint density at radius 2 is 1.85 bits per heavy atom. The first kappa shape index (κ1) is 29.7. The average Bonchev–Trinajstić information content (AvgIpc) is 3.27. The first-order valence-electron chi connectivity index (χ1n) is 14.3. The summed E-state index contributed by atoms with van der Waals surface area (Å²) >= 11 is 8.26. The van der Waals surface area contributed by atoms with Crippen LogP contribution in [0.15, 0.2) is 6.07 Å². The zero-order chi connectivity index (χ0) is 28.8. The number of hydrogen-bond donors (Lipinski definition) is 3. The van der Waals surface area contributed by atoms with Crippen LogP contribution in [0.5, 0.6) is 11.5 Å². The van der Waals surface area contributed by atoms with Gasteiger partial charge in [0.2, 0.25) is 5.91 Å². The third-order valence-electron chi connectivity index (χ3n) is 9.21. The van der Waals surface area contributed by atoms with Gasteiger partial charge in [-0.2, -0.15) is 11.8 Å². The number of piperidine rings is 1.